The minimum Gasteiger partial charge on any atom is -0.480 e. The molecule has 0 unspecified atom stereocenters. The van der Waals surface area contributed by atoms with E-state index < -0.39 is 22.5 Å². The number of nitrogens with zero attached hydrogens (tertiary/aromatic N) is 3. The highest BCUT2D eigenvalue weighted by Gasteiger charge is 2.28. The number of aliphatic carboxylic acids is 1. The highest BCUT2D eigenvalue weighted by Crippen LogP contribution is 2.15. The Morgan fingerprint density at radius 2 is 2.26 bits per heavy atom. The largest absolute Gasteiger partial charge is 0.480 e. The zero-order valence-corrected chi connectivity index (χ0v) is 11.7. The van der Waals surface area contributed by atoms with Gasteiger partial charge in [-0.25, -0.2) is 13.4 Å². The van der Waals surface area contributed by atoms with Gasteiger partial charge in [-0.3, -0.25) is 4.79 Å². The predicted molar refractivity (Wildman–Crippen MR) is 69.2 cm³/mol. The molecule has 19 heavy (non-hydrogen) atoms. The molecule has 0 spiro atoms. The van der Waals surface area contributed by atoms with Crippen LogP contribution in [0.4, 0.5) is 0 Å². The standard InChI is InChI=1S/C11H17N3O4S/c1-4-6-14(8-11(15)16)19(17,18)10-7-13(5-2)9(3)12-10/h4,7H,1,5-6,8H2,2-3H3,(H,15,16). The molecule has 1 rings (SSSR count). The first kappa shape index (κ1) is 15.4. The third-order valence-electron chi connectivity index (χ3n) is 2.54. The van der Waals surface area contributed by atoms with Gasteiger partial charge in [-0.2, -0.15) is 4.31 Å². The van der Waals surface area contributed by atoms with Crippen LogP contribution in [0.2, 0.25) is 0 Å². The van der Waals surface area contributed by atoms with Crippen LogP contribution in [-0.2, 0) is 21.4 Å². The lowest BCUT2D eigenvalue weighted by Crippen LogP contribution is -2.36. The number of rotatable bonds is 7. The van der Waals surface area contributed by atoms with Crippen LogP contribution in [0.5, 0.6) is 0 Å². The lowest BCUT2D eigenvalue weighted by molar-refractivity contribution is -0.137. The minimum absolute atomic E-state index is 0.0767. The Balaban J connectivity index is 3.17. The maximum Gasteiger partial charge on any atom is 0.318 e. The number of hydrogen-bond acceptors (Lipinski definition) is 4. The Hall–Kier alpha value is -1.67. The van der Waals surface area contributed by atoms with Gasteiger partial charge in [0.05, 0.1) is 0 Å². The fourth-order valence-electron chi connectivity index (χ4n) is 1.60. The van der Waals surface area contributed by atoms with Crippen molar-refractivity contribution >= 4 is 16.0 Å². The molecule has 0 radical (unpaired) electrons. The zero-order chi connectivity index (χ0) is 14.6. The molecule has 0 aliphatic heterocycles. The molecule has 7 nitrogen and oxygen atoms in total. The number of aromatic nitrogens is 2. The van der Waals surface area contributed by atoms with Gasteiger partial charge in [-0.05, 0) is 13.8 Å². The number of aryl methyl sites for hydroxylation is 2. The fourth-order valence-corrected chi connectivity index (χ4v) is 2.95. The van der Waals surface area contributed by atoms with Gasteiger partial charge >= 0.3 is 5.97 Å². The summed E-state index contributed by atoms with van der Waals surface area (Å²) in [6.07, 6.45) is 2.74. The number of carboxylic acid groups (broad SMARTS) is 1. The molecule has 0 saturated heterocycles. The lowest BCUT2D eigenvalue weighted by atomic mass is 10.6. The van der Waals surface area contributed by atoms with Crippen LogP contribution in [0.25, 0.3) is 0 Å². The summed E-state index contributed by atoms with van der Waals surface area (Å²) in [4.78, 5) is 14.7. The van der Waals surface area contributed by atoms with Crippen molar-refractivity contribution in [3.05, 3.63) is 24.7 Å². The fraction of sp³-hybridized carbons (Fsp3) is 0.455. The van der Waals surface area contributed by atoms with Gasteiger partial charge in [0.1, 0.15) is 12.4 Å². The van der Waals surface area contributed by atoms with Crippen LogP contribution in [0.15, 0.2) is 23.9 Å². The van der Waals surface area contributed by atoms with Gasteiger partial charge in [0.15, 0.2) is 5.03 Å². The molecular weight excluding hydrogens is 270 g/mol. The van der Waals surface area contributed by atoms with Gasteiger partial charge in [0.25, 0.3) is 10.0 Å². The predicted octanol–water partition coefficient (Wildman–Crippen LogP) is 0.473. The second-order valence-electron chi connectivity index (χ2n) is 3.89. The van der Waals surface area contributed by atoms with Crippen molar-refractivity contribution in [2.45, 2.75) is 25.4 Å². The Kier molecular flexibility index (Phi) is 4.84. The highest BCUT2D eigenvalue weighted by molar-refractivity contribution is 7.89. The molecule has 106 valence electrons. The minimum atomic E-state index is -3.92. The first-order valence-corrected chi connectivity index (χ1v) is 7.13. The van der Waals surface area contributed by atoms with Crippen molar-refractivity contribution in [1.82, 2.24) is 13.9 Å². The average molecular weight is 287 g/mol. The third-order valence-corrected chi connectivity index (χ3v) is 4.23. The summed E-state index contributed by atoms with van der Waals surface area (Å²) in [6.45, 7) is 6.88. The van der Waals surface area contributed by atoms with E-state index in [2.05, 4.69) is 11.6 Å². The van der Waals surface area contributed by atoms with Gasteiger partial charge in [-0.1, -0.05) is 6.08 Å². The van der Waals surface area contributed by atoms with Crippen LogP contribution < -0.4 is 0 Å². The molecule has 0 atom stereocenters. The molecule has 0 fully saturated rings. The van der Waals surface area contributed by atoms with E-state index in [4.69, 9.17) is 5.11 Å². The highest BCUT2D eigenvalue weighted by atomic mass is 32.2. The van der Waals surface area contributed by atoms with Crippen LogP contribution in [-0.4, -0.2) is 46.4 Å². The van der Waals surface area contributed by atoms with Gasteiger partial charge in [0, 0.05) is 19.3 Å². The second kappa shape index (κ2) is 5.98. The summed E-state index contributed by atoms with van der Waals surface area (Å²) < 4.78 is 27.1. The van der Waals surface area contributed by atoms with Crippen molar-refractivity contribution in [2.24, 2.45) is 0 Å². The number of carboxylic acids is 1. The van der Waals surface area contributed by atoms with E-state index in [9.17, 15) is 13.2 Å². The summed E-state index contributed by atoms with van der Waals surface area (Å²) in [5.74, 6) is -0.660. The van der Waals surface area contributed by atoms with E-state index >= 15 is 0 Å². The third kappa shape index (κ3) is 3.42. The van der Waals surface area contributed by atoms with E-state index in [-0.39, 0.29) is 11.6 Å². The van der Waals surface area contributed by atoms with Crippen LogP contribution in [0.3, 0.4) is 0 Å². The van der Waals surface area contributed by atoms with E-state index in [0.29, 0.717) is 12.4 Å². The summed E-state index contributed by atoms with van der Waals surface area (Å²) in [5, 5.41) is 8.62. The summed E-state index contributed by atoms with van der Waals surface area (Å²) >= 11 is 0. The smallest absolute Gasteiger partial charge is 0.318 e. The van der Waals surface area contributed by atoms with Crippen molar-refractivity contribution in [3.8, 4) is 0 Å². The van der Waals surface area contributed by atoms with Crippen LogP contribution in [0, 0.1) is 6.92 Å². The number of sulfonamides is 1. The molecule has 0 bridgehead atoms. The molecule has 1 N–H and O–H groups in total. The molecule has 0 amide bonds. The van der Waals surface area contributed by atoms with Crippen LogP contribution >= 0.6 is 0 Å². The van der Waals surface area contributed by atoms with E-state index in [0.717, 1.165) is 4.31 Å². The quantitative estimate of drug-likeness (QED) is 0.736. The molecule has 1 aromatic rings. The first-order valence-electron chi connectivity index (χ1n) is 5.69. The Morgan fingerprint density at radius 1 is 1.63 bits per heavy atom. The second-order valence-corrected chi connectivity index (χ2v) is 5.78. The lowest BCUT2D eigenvalue weighted by Gasteiger charge is -2.16. The molecule has 0 aliphatic carbocycles. The molecular formula is C11H17N3O4S. The monoisotopic (exact) mass is 287 g/mol. The first-order chi connectivity index (χ1) is 8.82. The Morgan fingerprint density at radius 3 is 2.68 bits per heavy atom. The maximum absolute atomic E-state index is 12.3. The van der Waals surface area contributed by atoms with Crippen molar-refractivity contribution in [2.75, 3.05) is 13.1 Å². The summed E-state index contributed by atoms with van der Waals surface area (Å²) in [5.41, 5.74) is 0. The normalized spacial score (nSPS) is 11.7. The Labute approximate surface area is 112 Å². The van der Waals surface area contributed by atoms with Gasteiger partial charge < -0.3 is 9.67 Å². The van der Waals surface area contributed by atoms with Gasteiger partial charge in [0.2, 0.25) is 0 Å². The maximum atomic E-state index is 12.3. The molecule has 0 aliphatic rings. The van der Waals surface area contributed by atoms with E-state index in [1.54, 1.807) is 11.5 Å². The molecule has 1 heterocycles. The molecule has 1 aromatic heterocycles. The Bertz CT molecular complexity index is 577. The molecule has 0 saturated carbocycles. The van der Waals surface area contributed by atoms with Crippen molar-refractivity contribution < 1.29 is 18.3 Å². The average Bonchev–Trinajstić information content (AvgIpc) is 2.70. The zero-order valence-electron chi connectivity index (χ0n) is 10.9. The van der Waals surface area contributed by atoms with E-state index in [1.165, 1.54) is 12.3 Å². The molecule has 8 heteroatoms. The summed E-state index contributed by atoms with van der Waals surface area (Å²) in [7, 11) is -3.92. The number of imidazole rings is 1. The van der Waals surface area contributed by atoms with Gasteiger partial charge in [-0.15, -0.1) is 6.58 Å². The van der Waals surface area contributed by atoms with E-state index in [1.807, 2.05) is 6.92 Å². The van der Waals surface area contributed by atoms with Crippen LogP contribution in [0.1, 0.15) is 12.7 Å². The SMILES string of the molecule is C=CCN(CC(=O)O)S(=O)(=O)c1cn(CC)c(C)n1. The van der Waals surface area contributed by atoms with Crippen molar-refractivity contribution in [3.63, 3.8) is 0 Å². The summed E-state index contributed by atoms with van der Waals surface area (Å²) in [6, 6.07) is 0. The van der Waals surface area contributed by atoms with Crippen molar-refractivity contribution in [1.29, 1.82) is 0 Å². The number of carbonyl (C=O) groups is 1. The topological polar surface area (TPSA) is 92.5 Å². The number of hydrogen-bond donors (Lipinski definition) is 1. The molecule has 0 aromatic carbocycles.